The minimum atomic E-state index is -3.24. The molecule has 1 aromatic rings. The molecular weight excluding hydrogens is 272 g/mol. The molecule has 0 heterocycles. The molecule has 20 heavy (non-hydrogen) atoms. The van der Waals surface area contributed by atoms with Gasteiger partial charge in [-0.25, -0.2) is 12.7 Å². The van der Waals surface area contributed by atoms with Crippen LogP contribution in [-0.4, -0.2) is 32.9 Å². The highest BCUT2D eigenvalue weighted by Crippen LogP contribution is 2.15. The molecule has 4 nitrogen and oxygen atoms in total. The zero-order valence-corrected chi connectivity index (χ0v) is 13.7. The SMILES string of the molecule is CCCC(C)N(C)S(=O)(=O)Cc1ccc(CNC)cc1. The summed E-state index contributed by atoms with van der Waals surface area (Å²) in [6, 6.07) is 7.77. The number of nitrogens with one attached hydrogen (secondary N) is 1. The zero-order chi connectivity index (χ0) is 15.2. The summed E-state index contributed by atoms with van der Waals surface area (Å²) in [7, 11) is 0.321. The van der Waals surface area contributed by atoms with Crippen LogP contribution in [0.1, 0.15) is 37.8 Å². The summed E-state index contributed by atoms with van der Waals surface area (Å²) in [6.45, 7) is 4.81. The summed E-state index contributed by atoms with van der Waals surface area (Å²) in [5.41, 5.74) is 1.99. The molecule has 0 saturated carbocycles. The van der Waals surface area contributed by atoms with E-state index in [1.165, 1.54) is 4.31 Å². The fourth-order valence-electron chi connectivity index (χ4n) is 2.14. The summed E-state index contributed by atoms with van der Waals surface area (Å²) in [5, 5.41) is 3.07. The predicted molar refractivity (Wildman–Crippen MR) is 84.0 cm³/mol. The van der Waals surface area contributed by atoms with Gasteiger partial charge in [0.1, 0.15) is 0 Å². The molecule has 1 atom stereocenters. The predicted octanol–water partition coefficient (Wildman–Crippen LogP) is 2.36. The molecule has 0 fully saturated rings. The highest BCUT2D eigenvalue weighted by atomic mass is 32.2. The molecule has 0 amide bonds. The van der Waals surface area contributed by atoms with Crippen molar-refractivity contribution in [3.63, 3.8) is 0 Å². The first kappa shape index (κ1) is 17.1. The third-order valence-electron chi connectivity index (χ3n) is 3.52. The lowest BCUT2D eigenvalue weighted by molar-refractivity contribution is 0.368. The van der Waals surface area contributed by atoms with Crippen LogP contribution in [0.5, 0.6) is 0 Å². The van der Waals surface area contributed by atoms with E-state index in [9.17, 15) is 8.42 Å². The molecule has 0 radical (unpaired) electrons. The van der Waals surface area contributed by atoms with E-state index in [0.717, 1.165) is 30.5 Å². The van der Waals surface area contributed by atoms with Crippen molar-refractivity contribution in [2.45, 2.75) is 45.0 Å². The van der Waals surface area contributed by atoms with Gasteiger partial charge in [0, 0.05) is 19.6 Å². The van der Waals surface area contributed by atoms with Gasteiger partial charge in [-0.1, -0.05) is 37.6 Å². The molecule has 1 aromatic carbocycles. The number of benzene rings is 1. The maximum Gasteiger partial charge on any atom is 0.218 e. The van der Waals surface area contributed by atoms with E-state index in [-0.39, 0.29) is 11.8 Å². The Balaban J connectivity index is 2.75. The lowest BCUT2D eigenvalue weighted by Crippen LogP contribution is -2.35. The van der Waals surface area contributed by atoms with E-state index in [0.29, 0.717) is 0 Å². The van der Waals surface area contributed by atoms with E-state index >= 15 is 0 Å². The van der Waals surface area contributed by atoms with Crippen LogP contribution in [0.3, 0.4) is 0 Å². The maximum atomic E-state index is 12.3. The van der Waals surface area contributed by atoms with Crippen LogP contribution in [0.4, 0.5) is 0 Å². The first-order valence-corrected chi connectivity index (χ1v) is 8.69. The van der Waals surface area contributed by atoms with Crippen LogP contribution in [0.25, 0.3) is 0 Å². The van der Waals surface area contributed by atoms with Gasteiger partial charge in [0.2, 0.25) is 10.0 Å². The second-order valence-corrected chi connectivity index (χ2v) is 7.29. The van der Waals surface area contributed by atoms with Crippen molar-refractivity contribution in [2.24, 2.45) is 0 Å². The normalized spacial score (nSPS) is 13.7. The van der Waals surface area contributed by atoms with Crippen molar-refractivity contribution in [3.8, 4) is 0 Å². The Kier molecular flexibility index (Phi) is 6.65. The van der Waals surface area contributed by atoms with Gasteiger partial charge in [-0.2, -0.15) is 0 Å². The van der Waals surface area contributed by atoms with Crippen LogP contribution in [-0.2, 0) is 22.3 Å². The van der Waals surface area contributed by atoms with Gasteiger partial charge in [0.05, 0.1) is 5.75 Å². The van der Waals surface area contributed by atoms with Crippen LogP contribution in [0.2, 0.25) is 0 Å². The first-order valence-electron chi connectivity index (χ1n) is 7.08. The number of hydrogen-bond acceptors (Lipinski definition) is 3. The van der Waals surface area contributed by atoms with Crippen molar-refractivity contribution in [3.05, 3.63) is 35.4 Å². The molecule has 0 aliphatic carbocycles. The number of rotatable bonds is 8. The van der Waals surface area contributed by atoms with E-state index in [1.807, 2.05) is 38.2 Å². The molecule has 0 aliphatic heterocycles. The average molecular weight is 298 g/mol. The Morgan fingerprint density at radius 3 is 2.25 bits per heavy atom. The quantitative estimate of drug-likeness (QED) is 0.801. The summed E-state index contributed by atoms with van der Waals surface area (Å²) in [4.78, 5) is 0. The summed E-state index contributed by atoms with van der Waals surface area (Å²) >= 11 is 0. The van der Waals surface area contributed by atoms with Crippen molar-refractivity contribution in [1.29, 1.82) is 0 Å². The largest absolute Gasteiger partial charge is 0.316 e. The highest BCUT2D eigenvalue weighted by Gasteiger charge is 2.22. The van der Waals surface area contributed by atoms with Crippen molar-refractivity contribution >= 4 is 10.0 Å². The van der Waals surface area contributed by atoms with Crippen molar-refractivity contribution in [2.75, 3.05) is 14.1 Å². The minimum absolute atomic E-state index is 0.0496. The number of hydrogen-bond donors (Lipinski definition) is 1. The van der Waals surface area contributed by atoms with Gasteiger partial charge in [-0.05, 0) is 31.5 Å². The third-order valence-corrected chi connectivity index (χ3v) is 5.45. The summed E-state index contributed by atoms with van der Waals surface area (Å²) < 4.78 is 26.2. The monoisotopic (exact) mass is 298 g/mol. The fourth-order valence-corrected chi connectivity index (χ4v) is 3.61. The van der Waals surface area contributed by atoms with E-state index in [4.69, 9.17) is 0 Å². The zero-order valence-electron chi connectivity index (χ0n) is 12.9. The Morgan fingerprint density at radius 1 is 1.20 bits per heavy atom. The topological polar surface area (TPSA) is 49.4 Å². The molecule has 1 unspecified atom stereocenters. The number of sulfonamides is 1. The number of nitrogens with zero attached hydrogens (tertiary/aromatic N) is 1. The van der Waals surface area contributed by atoms with Gasteiger partial charge in [0.15, 0.2) is 0 Å². The van der Waals surface area contributed by atoms with Crippen molar-refractivity contribution < 1.29 is 8.42 Å². The average Bonchev–Trinajstić information content (AvgIpc) is 2.40. The highest BCUT2D eigenvalue weighted by molar-refractivity contribution is 7.88. The Hall–Kier alpha value is -0.910. The first-order chi connectivity index (χ1) is 9.40. The molecular formula is C15H26N2O2S. The van der Waals surface area contributed by atoms with Gasteiger partial charge in [-0.3, -0.25) is 0 Å². The Labute approximate surface area is 123 Å². The van der Waals surface area contributed by atoms with Crippen molar-refractivity contribution in [1.82, 2.24) is 9.62 Å². The van der Waals surface area contributed by atoms with Gasteiger partial charge < -0.3 is 5.32 Å². The molecule has 0 spiro atoms. The van der Waals surface area contributed by atoms with Crippen LogP contribution < -0.4 is 5.32 Å². The van der Waals surface area contributed by atoms with Gasteiger partial charge in [0.25, 0.3) is 0 Å². The van der Waals surface area contributed by atoms with Crippen LogP contribution >= 0.6 is 0 Å². The second-order valence-electron chi connectivity index (χ2n) is 5.26. The standard InChI is InChI=1S/C15H26N2O2S/c1-5-6-13(2)17(4)20(18,19)12-15-9-7-14(8-10-15)11-16-3/h7-10,13,16H,5-6,11-12H2,1-4H3. The molecule has 0 bridgehead atoms. The van der Waals surface area contributed by atoms with Crippen LogP contribution in [0.15, 0.2) is 24.3 Å². The molecule has 0 saturated heterocycles. The molecule has 114 valence electrons. The molecule has 0 aromatic heterocycles. The molecule has 1 rings (SSSR count). The van der Waals surface area contributed by atoms with E-state index in [2.05, 4.69) is 12.2 Å². The smallest absolute Gasteiger partial charge is 0.218 e. The second kappa shape index (κ2) is 7.76. The lowest BCUT2D eigenvalue weighted by atomic mass is 10.1. The minimum Gasteiger partial charge on any atom is -0.316 e. The van der Waals surface area contributed by atoms with Gasteiger partial charge >= 0.3 is 0 Å². The maximum absolute atomic E-state index is 12.3. The Bertz CT molecular complexity index is 497. The molecule has 5 heteroatoms. The lowest BCUT2D eigenvalue weighted by Gasteiger charge is -2.24. The fraction of sp³-hybridized carbons (Fsp3) is 0.600. The molecule has 1 N–H and O–H groups in total. The molecule has 0 aliphatic rings. The van der Waals surface area contributed by atoms with E-state index in [1.54, 1.807) is 7.05 Å². The summed E-state index contributed by atoms with van der Waals surface area (Å²) in [5.74, 6) is 0.0669. The van der Waals surface area contributed by atoms with E-state index < -0.39 is 10.0 Å². The third kappa shape index (κ3) is 4.89. The van der Waals surface area contributed by atoms with Crippen LogP contribution in [0, 0.1) is 0 Å². The Morgan fingerprint density at radius 2 is 1.75 bits per heavy atom. The summed E-state index contributed by atoms with van der Waals surface area (Å²) in [6.07, 6.45) is 1.87. The van der Waals surface area contributed by atoms with Gasteiger partial charge in [-0.15, -0.1) is 0 Å².